The molecule has 0 aliphatic rings. The van der Waals surface area contributed by atoms with Crippen molar-refractivity contribution in [3.05, 3.63) is 74.3 Å². The number of hydrogen-bond donors (Lipinski definition) is 1. The van der Waals surface area contributed by atoms with Crippen molar-refractivity contribution in [1.82, 2.24) is 24.3 Å². The average Bonchev–Trinajstić information content (AvgIpc) is 3.49. The van der Waals surface area contributed by atoms with Gasteiger partial charge in [0.2, 0.25) is 5.78 Å². The average molecular weight is 554 g/mol. The molecular formula is C26H28ClN7O3S. The van der Waals surface area contributed by atoms with Gasteiger partial charge >= 0.3 is 0 Å². The second-order valence-electron chi connectivity index (χ2n) is 9.88. The Bertz CT molecular complexity index is 1530. The molecule has 12 heteroatoms. The predicted molar refractivity (Wildman–Crippen MR) is 149 cm³/mol. The number of halogens is 1. The van der Waals surface area contributed by atoms with E-state index >= 15 is 0 Å². The highest BCUT2D eigenvalue weighted by atomic mass is 35.5. The highest BCUT2D eigenvalue weighted by Crippen LogP contribution is 2.28. The standard InChI is InChI=1S/C26H28ClN7O3S/c1-26(2,3)25(37)34-22(30-13-17-7-8-21(27)38-17)12-18(31-34)16-11-19(32(4)5)24(36)33(14-16)15-20(35)23-28-9-6-10-29-23/h6-12,14,30H,13,15H2,1-5H3. The predicted octanol–water partition coefficient (Wildman–Crippen LogP) is 4.46. The zero-order valence-electron chi connectivity index (χ0n) is 21.7. The Kier molecular flexibility index (Phi) is 7.79. The van der Waals surface area contributed by atoms with Crippen LogP contribution in [0.25, 0.3) is 11.3 Å². The smallest absolute Gasteiger partial charge is 0.274 e. The first-order chi connectivity index (χ1) is 17.9. The number of aromatic nitrogens is 5. The maximum absolute atomic E-state index is 13.3. The molecule has 4 heterocycles. The summed E-state index contributed by atoms with van der Waals surface area (Å²) in [5.41, 5.74) is 0.360. The third-order valence-electron chi connectivity index (χ3n) is 5.59. The van der Waals surface area contributed by atoms with Crippen molar-refractivity contribution in [3.8, 4) is 11.3 Å². The van der Waals surface area contributed by atoms with E-state index in [-0.39, 0.29) is 23.8 Å². The molecule has 0 saturated carbocycles. The number of ketones is 1. The number of carbonyl (C=O) groups is 2. The second kappa shape index (κ2) is 10.9. The molecular weight excluding hydrogens is 526 g/mol. The molecule has 4 aromatic heterocycles. The Morgan fingerprint density at radius 1 is 1.13 bits per heavy atom. The van der Waals surface area contributed by atoms with Crippen LogP contribution in [-0.2, 0) is 13.1 Å². The molecule has 0 fully saturated rings. The quantitative estimate of drug-likeness (QED) is 0.318. The normalized spacial score (nSPS) is 11.4. The molecule has 0 aliphatic carbocycles. The van der Waals surface area contributed by atoms with Crippen LogP contribution >= 0.6 is 22.9 Å². The lowest BCUT2D eigenvalue weighted by molar-refractivity contribution is 0.0752. The van der Waals surface area contributed by atoms with Gasteiger partial charge in [0.15, 0.2) is 5.82 Å². The lowest BCUT2D eigenvalue weighted by Crippen LogP contribution is -2.30. The largest absolute Gasteiger partial charge is 0.373 e. The molecule has 38 heavy (non-hydrogen) atoms. The highest BCUT2D eigenvalue weighted by Gasteiger charge is 2.27. The number of nitrogens with one attached hydrogen (secondary N) is 1. The van der Waals surface area contributed by atoms with E-state index in [2.05, 4.69) is 20.4 Å². The van der Waals surface area contributed by atoms with Gasteiger partial charge in [0, 0.05) is 54.6 Å². The molecule has 1 N–H and O–H groups in total. The lowest BCUT2D eigenvalue weighted by Gasteiger charge is -2.18. The molecule has 0 atom stereocenters. The van der Waals surface area contributed by atoms with Crippen molar-refractivity contribution in [2.24, 2.45) is 5.41 Å². The topological polar surface area (TPSA) is 115 Å². The Balaban J connectivity index is 1.76. The van der Waals surface area contributed by atoms with Crippen molar-refractivity contribution in [1.29, 1.82) is 0 Å². The molecule has 4 aromatic rings. The number of nitrogens with zero attached hydrogens (tertiary/aromatic N) is 6. The first-order valence-corrected chi connectivity index (χ1v) is 13.0. The summed E-state index contributed by atoms with van der Waals surface area (Å²) in [5.74, 6) is -0.0771. The molecule has 10 nitrogen and oxygen atoms in total. The monoisotopic (exact) mass is 553 g/mol. The van der Waals surface area contributed by atoms with E-state index in [1.54, 1.807) is 43.4 Å². The fourth-order valence-corrected chi connectivity index (χ4v) is 4.64. The van der Waals surface area contributed by atoms with Gasteiger partial charge in [-0.05, 0) is 24.3 Å². The minimum atomic E-state index is -0.693. The van der Waals surface area contributed by atoms with Crippen LogP contribution in [-0.4, -0.2) is 50.1 Å². The SMILES string of the molecule is CN(C)c1cc(-c2cc(NCc3ccc(Cl)s3)n(C(=O)C(C)(C)C)n2)cn(CC(=O)c2ncccn2)c1=O. The molecule has 4 rings (SSSR count). The summed E-state index contributed by atoms with van der Waals surface area (Å²) < 4.78 is 3.34. The molecule has 0 saturated heterocycles. The number of hydrogen-bond acceptors (Lipinski definition) is 9. The zero-order chi connectivity index (χ0) is 27.6. The first-order valence-electron chi connectivity index (χ1n) is 11.8. The van der Waals surface area contributed by atoms with Crippen molar-refractivity contribution in [2.45, 2.75) is 33.9 Å². The Morgan fingerprint density at radius 2 is 1.84 bits per heavy atom. The second-order valence-corrected chi connectivity index (χ2v) is 11.7. The van der Waals surface area contributed by atoms with Gasteiger partial charge in [-0.15, -0.1) is 11.3 Å². The van der Waals surface area contributed by atoms with Crippen LogP contribution in [0.5, 0.6) is 0 Å². The first kappa shape index (κ1) is 27.2. The zero-order valence-corrected chi connectivity index (χ0v) is 23.3. The van der Waals surface area contributed by atoms with Crippen molar-refractivity contribution in [2.75, 3.05) is 24.3 Å². The molecule has 0 aromatic carbocycles. The molecule has 198 valence electrons. The van der Waals surface area contributed by atoms with Crippen LogP contribution in [0.1, 0.15) is 41.1 Å². The van der Waals surface area contributed by atoms with Crippen molar-refractivity contribution >= 4 is 46.1 Å². The third kappa shape index (κ3) is 6.00. The Hall–Kier alpha value is -3.83. The van der Waals surface area contributed by atoms with Gasteiger partial charge in [0.1, 0.15) is 11.5 Å². The van der Waals surface area contributed by atoms with E-state index in [4.69, 9.17) is 11.6 Å². The van der Waals surface area contributed by atoms with E-state index < -0.39 is 11.2 Å². The number of carbonyl (C=O) groups excluding carboxylic acids is 2. The van der Waals surface area contributed by atoms with Gasteiger partial charge in [0.05, 0.1) is 23.1 Å². The van der Waals surface area contributed by atoms with Crippen LogP contribution in [0, 0.1) is 5.41 Å². The summed E-state index contributed by atoms with van der Waals surface area (Å²) in [6, 6.07) is 8.80. The summed E-state index contributed by atoms with van der Waals surface area (Å²) >= 11 is 7.51. The number of Topliss-reactive ketones (excluding diaryl/α,β-unsaturated/α-hetero) is 1. The van der Waals surface area contributed by atoms with Gasteiger partial charge in [-0.3, -0.25) is 14.4 Å². The highest BCUT2D eigenvalue weighted by molar-refractivity contribution is 7.16. The molecule has 0 unspecified atom stereocenters. The Labute approximate surface area is 228 Å². The maximum Gasteiger partial charge on any atom is 0.274 e. The number of anilines is 2. The lowest BCUT2D eigenvalue weighted by atomic mass is 9.96. The molecule has 0 radical (unpaired) electrons. The van der Waals surface area contributed by atoms with Crippen LogP contribution in [0.2, 0.25) is 4.34 Å². The van der Waals surface area contributed by atoms with Gasteiger partial charge in [-0.1, -0.05) is 32.4 Å². The summed E-state index contributed by atoms with van der Waals surface area (Å²) in [7, 11) is 3.49. The van der Waals surface area contributed by atoms with Gasteiger partial charge in [0.25, 0.3) is 11.5 Å². The van der Waals surface area contributed by atoms with E-state index in [9.17, 15) is 14.4 Å². The van der Waals surface area contributed by atoms with Crippen LogP contribution < -0.4 is 15.8 Å². The van der Waals surface area contributed by atoms with Crippen molar-refractivity contribution < 1.29 is 9.59 Å². The maximum atomic E-state index is 13.3. The minimum absolute atomic E-state index is 0.0245. The Morgan fingerprint density at radius 3 is 2.45 bits per heavy atom. The summed E-state index contributed by atoms with van der Waals surface area (Å²) in [6.07, 6.45) is 4.51. The van der Waals surface area contributed by atoms with Gasteiger partial charge < -0.3 is 14.8 Å². The summed E-state index contributed by atoms with van der Waals surface area (Å²) in [4.78, 5) is 49.9. The van der Waals surface area contributed by atoms with Crippen molar-refractivity contribution in [3.63, 3.8) is 0 Å². The molecule has 0 bridgehead atoms. The van der Waals surface area contributed by atoms with Crippen LogP contribution in [0.4, 0.5) is 11.5 Å². The van der Waals surface area contributed by atoms with Gasteiger partial charge in [-0.2, -0.15) is 9.78 Å². The van der Waals surface area contributed by atoms with E-state index in [0.717, 1.165) is 4.88 Å². The van der Waals surface area contributed by atoms with Crippen LogP contribution in [0.15, 0.2) is 53.7 Å². The molecule has 0 spiro atoms. The fourth-order valence-electron chi connectivity index (χ4n) is 3.61. The summed E-state index contributed by atoms with van der Waals surface area (Å²) in [5, 5.41) is 7.90. The number of pyridine rings is 1. The fraction of sp³-hybridized carbons (Fsp3) is 0.308. The molecule has 0 aliphatic heterocycles. The van der Waals surface area contributed by atoms with E-state index in [0.29, 0.717) is 33.6 Å². The number of thiophene rings is 1. The minimum Gasteiger partial charge on any atom is -0.373 e. The van der Waals surface area contributed by atoms with Gasteiger partial charge in [-0.25, -0.2) is 9.97 Å². The van der Waals surface area contributed by atoms with E-state index in [1.165, 1.54) is 33.0 Å². The number of rotatable bonds is 8. The summed E-state index contributed by atoms with van der Waals surface area (Å²) in [6.45, 7) is 5.67. The van der Waals surface area contributed by atoms with Crippen LogP contribution in [0.3, 0.4) is 0 Å². The van der Waals surface area contributed by atoms with E-state index in [1.807, 2.05) is 32.9 Å². The third-order valence-corrected chi connectivity index (χ3v) is 6.82. The molecule has 0 amide bonds.